The molecule has 2 aliphatic heterocycles. The van der Waals surface area contributed by atoms with Gasteiger partial charge < -0.3 is 24.8 Å². The monoisotopic (exact) mass is 374 g/mol. The summed E-state index contributed by atoms with van der Waals surface area (Å²) in [4.78, 5) is 8.96. The first-order valence-electron chi connectivity index (χ1n) is 9.40. The van der Waals surface area contributed by atoms with Gasteiger partial charge in [0.05, 0.1) is 31.6 Å². The number of nitrogens with one attached hydrogen (secondary N) is 2. The molecular formula is C18H26N6O3. The van der Waals surface area contributed by atoms with Gasteiger partial charge in [0.2, 0.25) is 5.95 Å². The summed E-state index contributed by atoms with van der Waals surface area (Å²) >= 11 is 0. The topological polar surface area (TPSA) is 95.4 Å². The third kappa shape index (κ3) is 3.64. The maximum absolute atomic E-state index is 6.02. The second-order valence-electron chi connectivity index (χ2n) is 6.97. The van der Waals surface area contributed by atoms with Gasteiger partial charge in [-0.3, -0.25) is 4.68 Å². The summed E-state index contributed by atoms with van der Waals surface area (Å²) in [5, 5.41) is 11.4. The number of rotatable bonds is 2. The lowest BCUT2D eigenvalue weighted by Gasteiger charge is -2.23. The predicted octanol–water partition coefficient (Wildman–Crippen LogP) is 2.67. The van der Waals surface area contributed by atoms with Crippen molar-refractivity contribution in [3.63, 3.8) is 0 Å². The minimum absolute atomic E-state index is 0.168. The minimum atomic E-state index is 0.168. The number of aromatic nitrogens is 4. The summed E-state index contributed by atoms with van der Waals surface area (Å²) in [6.07, 6.45) is 4.38. The van der Waals surface area contributed by atoms with Crippen LogP contribution in [-0.2, 0) is 4.74 Å². The molecule has 2 aliphatic rings. The molecule has 2 bridgehead atoms. The van der Waals surface area contributed by atoms with E-state index in [1.165, 1.54) is 0 Å². The van der Waals surface area contributed by atoms with Crippen molar-refractivity contribution < 1.29 is 14.2 Å². The molecule has 2 aromatic rings. The van der Waals surface area contributed by atoms with E-state index in [-0.39, 0.29) is 6.04 Å². The Hall–Kier alpha value is -2.55. The van der Waals surface area contributed by atoms with Crippen molar-refractivity contribution in [1.82, 2.24) is 19.7 Å². The van der Waals surface area contributed by atoms with E-state index in [0.29, 0.717) is 36.0 Å². The summed E-state index contributed by atoms with van der Waals surface area (Å²) in [7, 11) is 1.61. The molecule has 9 heteroatoms. The molecule has 1 saturated heterocycles. The summed E-state index contributed by atoms with van der Waals surface area (Å²) < 4.78 is 18.9. The molecule has 0 aromatic carbocycles. The van der Waals surface area contributed by atoms with Crippen LogP contribution < -0.4 is 20.1 Å². The molecule has 0 saturated carbocycles. The van der Waals surface area contributed by atoms with Crippen molar-refractivity contribution in [2.75, 3.05) is 37.6 Å². The van der Waals surface area contributed by atoms with Gasteiger partial charge in [0.15, 0.2) is 11.6 Å². The Morgan fingerprint density at radius 2 is 2.04 bits per heavy atom. The molecule has 1 fully saturated rings. The molecule has 4 rings (SSSR count). The van der Waals surface area contributed by atoms with Gasteiger partial charge in [-0.2, -0.15) is 4.98 Å². The molecule has 0 amide bonds. The molecule has 9 nitrogen and oxygen atoms in total. The Labute approximate surface area is 158 Å². The Kier molecular flexibility index (Phi) is 5.02. The molecule has 2 aromatic heterocycles. The van der Waals surface area contributed by atoms with Gasteiger partial charge in [0.1, 0.15) is 5.69 Å². The van der Waals surface area contributed by atoms with Crippen molar-refractivity contribution in [3.8, 4) is 11.6 Å². The zero-order valence-electron chi connectivity index (χ0n) is 16.0. The van der Waals surface area contributed by atoms with Crippen molar-refractivity contribution in [2.24, 2.45) is 0 Å². The first-order chi connectivity index (χ1) is 13.2. The first-order valence-corrected chi connectivity index (χ1v) is 9.40. The molecule has 27 heavy (non-hydrogen) atoms. The number of fused-ring (bicyclic) bond motifs is 3. The number of nitrogens with zero attached hydrogens (tertiary/aromatic N) is 4. The predicted molar refractivity (Wildman–Crippen MR) is 101 cm³/mol. The number of anilines is 3. The van der Waals surface area contributed by atoms with Crippen molar-refractivity contribution in [2.45, 2.75) is 45.2 Å². The van der Waals surface area contributed by atoms with Crippen LogP contribution in [0.2, 0.25) is 0 Å². The van der Waals surface area contributed by atoms with E-state index in [9.17, 15) is 0 Å². The highest BCUT2D eigenvalue weighted by atomic mass is 16.5. The first kappa shape index (κ1) is 17.8. The molecule has 0 radical (unpaired) electrons. The number of hydrogen-bond acceptors (Lipinski definition) is 8. The van der Waals surface area contributed by atoms with Crippen LogP contribution in [0.15, 0.2) is 6.20 Å². The van der Waals surface area contributed by atoms with Crippen LogP contribution in [0.5, 0.6) is 11.6 Å². The molecule has 0 aliphatic carbocycles. The molecule has 2 N–H and O–H groups in total. The maximum Gasteiger partial charge on any atom is 0.257 e. The van der Waals surface area contributed by atoms with Gasteiger partial charge in [0.25, 0.3) is 5.88 Å². The fourth-order valence-electron chi connectivity index (χ4n) is 3.46. The zero-order valence-corrected chi connectivity index (χ0v) is 16.0. The van der Waals surface area contributed by atoms with E-state index >= 15 is 0 Å². The van der Waals surface area contributed by atoms with Gasteiger partial charge in [-0.1, -0.05) is 0 Å². The zero-order chi connectivity index (χ0) is 18.8. The molecular weight excluding hydrogens is 348 g/mol. The van der Waals surface area contributed by atoms with Crippen molar-refractivity contribution in [3.05, 3.63) is 11.9 Å². The fraction of sp³-hybridized carbons (Fsp3) is 0.611. The molecule has 4 heterocycles. The highest BCUT2D eigenvalue weighted by molar-refractivity contribution is 5.65. The SMILES string of the molecule is COc1cnc2nc1N[C@H](C)CCOc1nn(C3CCOCC3)c(C)c1N2. The van der Waals surface area contributed by atoms with Crippen LogP contribution in [0.3, 0.4) is 0 Å². The van der Waals surface area contributed by atoms with Gasteiger partial charge in [-0.05, 0) is 26.7 Å². The van der Waals surface area contributed by atoms with Crippen molar-refractivity contribution >= 4 is 17.5 Å². The summed E-state index contributed by atoms with van der Waals surface area (Å²) in [5.41, 5.74) is 1.82. The Morgan fingerprint density at radius 1 is 1.22 bits per heavy atom. The van der Waals surface area contributed by atoms with E-state index in [2.05, 4.69) is 32.2 Å². The molecule has 1 atom stereocenters. The lowest BCUT2D eigenvalue weighted by Crippen LogP contribution is -2.22. The standard InChI is InChI=1S/C18H26N6O3/c1-11-4-9-27-17-15(12(2)24(23-17)13-5-7-26-8-6-13)21-18-19-10-14(25-3)16(20-11)22-18/h10-11,13H,4-9H2,1-3H3,(H2,19,20,21,22)/t11-/m1/s1. The van der Waals surface area contributed by atoms with Crippen LogP contribution in [0, 0.1) is 6.92 Å². The second-order valence-corrected chi connectivity index (χ2v) is 6.97. The summed E-state index contributed by atoms with van der Waals surface area (Å²) in [6.45, 7) is 6.21. The van der Waals surface area contributed by atoms with E-state index in [1.54, 1.807) is 13.3 Å². The molecule has 146 valence electrons. The highest BCUT2D eigenvalue weighted by Crippen LogP contribution is 2.35. The Morgan fingerprint density at radius 3 is 2.81 bits per heavy atom. The van der Waals surface area contributed by atoms with Crippen LogP contribution >= 0.6 is 0 Å². The average molecular weight is 374 g/mol. The van der Waals surface area contributed by atoms with Gasteiger partial charge >= 0.3 is 0 Å². The fourth-order valence-corrected chi connectivity index (χ4v) is 3.46. The smallest absolute Gasteiger partial charge is 0.257 e. The highest BCUT2D eigenvalue weighted by Gasteiger charge is 2.25. The van der Waals surface area contributed by atoms with Crippen molar-refractivity contribution in [1.29, 1.82) is 0 Å². The lowest BCUT2D eigenvalue weighted by atomic mass is 10.1. The number of methoxy groups -OCH3 is 1. The van der Waals surface area contributed by atoms with Crippen LogP contribution in [0.1, 0.15) is 37.9 Å². The Bertz CT molecular complexity index is 803. The quantitative estimate of drug-likeness (QED) is 0.828. The average Bonchev–Trinajstić information content (AvgIpc) is 2.97. The van der Waals surface area contributed by atoms with Crippen LogP contribution in [-0.4, -0.2) is 52.7 Å². The largest absolute Gasteiger partial charge is 0.491 e. The second kappa shape index (κ2) is 7.59. The van der Waals surface area contributed by atoms with E-state index in [1.807, 2.05) is 6.92 Å². The maximum atomic E-state index is 6.02. The lowest BCUT2D eigenvalue weighted by molar-refractivity contribution is 0.0652. The van der Waals surface area contributed by atoms with Crippen LogP contribution in [0.4, 0.5) is 17.5 Å². The third-order valence-electron chi connectivity index (χ3n) is 5.04. The van der Waals surface area contributed by atoms with Gasteiger partial charge in [-0.15, -0.1) is 5.10 Å². The van der Waals surface area contributed by atoms with Gasteiger partial charge in [-0.25, -0.2) is 4.98 Å². The number of hydrogen-bond donors (Lipinski definition) is 2. The summed E-state index contributed by atoms with van der Waals surface area (Å²) in [6, 6.07) is 0.486. The summed E-state index contributed by atoms with van der Waals surface area (Å²) in [5.74, 6) is 2.35. The van der Waals surface area contributed by atoms with Crippen LogP contribution in [0.25, 0.3) is 0 Å². The Balaban J connectivity index is 1.71. The minimum Gasteiger partial charge on any atom is -0.491 e. The van der Waals surface area contributed by atoms with E-state index < -0.39 is 0 Å². The normalized spacial score (nSPS) is 20.5. The molecule has 0 spiro atoms. The molecule has 0 unspecified atom stereocenters. The van der Waals surface area contributed by atoms with E-state index in [4.69, 9.17) is 19.3 Å². The van der Waals surface area contributed by atoms with E-state index in [0.717, 1.165) is 43.9 Å². The number of ether oxygens (including phenoxy) is 3. The third-order valence-corrected chi connectivity index (χ3v) is 5.04. The van der Waals surface area contributed by atoms with Gasteiger partial charge in [0, 0.05) is 25.7 Å².